The summed E-state index contributed by atoms with van der Waals surface area (Å²) in [5.41, 5.74) is 1.78. The summed E-state index contributed by atoms with van der Waals surface area (Å²) in [6.45, 7) is 3.67. The Kier molecular flexibility index (Phi) is 4.47. The van der Waals surface area contributed by atoms with Crippen molar-refractivity contribution in [2.75, 3.05) is 14.2 Å². The number of esters is 1. The monoisotopic (exact) mass is 291 g/mol. The first kappa shape index (κ1) is 14.9. The lowest BCUT2D eigenvalue weighted by Crippen LogP contribution is -2.08. The number of carbonyl (C=O) groups is 1. The Morgan fingerprint density at radius 1 is 1.24 bits per heavy atom. The van der Waals surface area contributed by atoms with Crippen LogP contribution in [-0.2, 0) is 11.3 Å². The van der Waals surface area contributed by atoms with Crippen molar-refractivity contribution in [1.29, 1.82) is 0 Å². The molecule has 1 heterocycles. The van der Waals surface area contributed by atoms with Gasteiger partial charge in [0.15, 0.2) is 0 Å². The van der Waals surface area contributed by atoms with Crippen LogP contribution in [0.15, 0.2) is 22.7 Å². The molecule has 0 aliphatic heterocycles. The summed E-state index contributed by atoms with van der Waals surface area (Å²) >= 11 is 0. The molecule has 21 heavy (non-hydrogen) atoms. The maximum Gasteiger partial charge on any atom is 0.342 e. The number of aryl methyl sites for hydroxylation is 2. The van der Waals surface area contributed by atoms with Gasteiger partial charge in [-0.3, -0.25) is 0 Å². The Hall–Kier alpha value is -2.50. The van der Waals surface area contributed by atoms with E-state index in [2.05, 4.69) is 5.16 Å². The molecule has 0 aliphatic carbocycles. The fraction of sp³-hybridized carbons (Fsp3) is 0.333. The van der Waals surface area contributed by atoms with Crippen molar-refractivity contribution in [3.63, 3.8) is 0 Å². The summed E-state index contributed by atoms with van der Waals surface area (Å²) in [7, 11) is 3.02. The number of benzene rings is 1. The number of nitrogens with zero attached hydrogens (tertiary/aromatic N) is 1. The highest BCUT2D eigenvalue weighted by atomic mass is 16.5. The predicted octanol–water partition coefficient (Wildman–Crippen LogP) is 2.67. The van der Waals surface area contributed by atoms with E-state index in [0.717, 1.165) is 5.56 Å². The SMILES string of the molecule is COc1ccc(OC)c(C(=O)OCc2c(C)noc2C)c1. The minimum Gasteiger partial charge on any atom is -0.497 e. The number of methoxy groups -OCH3 is 2. The van der Waals surface area contributed by atoms with Crippen LogP contribution in [0.4, 0.5) is 0 Å². The fourth-order valence-corrected chi connectivity index (χ4v) is 1.90. The summed E-state index contributed by atoms with van der Waals surface area (Å²) in [6.07, 6.45) is 0. The molecule has 112 valence electrons. The summed E-state index contributed by atoms with van der Waals surface area (Å²) in [4.78, 5) is 12.2. The van der Waals surface area contributed by atoms with Gasteiger partial charge in [-0.15, -0.1) is 0 Å². The van der Waals surface area contributed by atoms with E-state index < -0.39 is 5.97 Å². The van der Waals surface area contributed by atoms with Gasteiger partial charge in [-0.2, -0.15) is 0 Å². The van der Waals surface area contributed by atoms with Gasteiger partial charge in [-0.1, -0.05) is 5.16 Å². The molecule has 6 heteroatoms. The van der Waals surface area contributed by atoms with Gasteiger partial charge in [0.25, 0.3) is 0 Å². The molecule has 0 atom stereocenters. The zero-order valence-electron chi connectivity index (χ0n) is 12.4. The third-order valence-electron chi connectivity index (χ3n) is 3.16. The van der Waals surface area contributed by atoms with E-state index in [4.69, 9.17) is 18.7 Å². The third-order valence-corrected chi connectivity index (χ3v) is 3.16. The number of carbonyl (C=O) groups excluding carboxylic acids is 1. The number of aromatic nitrogens is 1. The second-order valence-electron chi connectivity index (χ2n) is 4.45. The smallest absolute Gasteiger partial charge is 0.342 e. The first-order valence-corrected chi connectivity index (χ1v) is 6.37. The van der Waals surface area contributed by atoms with E-state index in [1.807, 2.05) is 0 Å². The fourth-order valence-electron chi connectivity index (χ4n) is 1.90. The first-order valence-electron chi connectivity index (χ1n) is 6.37. The van der Waals surface area contributed by atoms with Gasteiger partial charge in [0.2, 0.25) is 0 Å². The minimum absolute atomic E-state index is 0.0976. The molecule has 1 aromatic heterocycles. The van der Waals surface area contributed by atoms with Crippen molar-refractivity contribution in [1.82, 2.24) is 5.16 Å². The van der Waals surface area contributed by atoms with Crippen LogP contribution in [-0.4, -0.2) is 25.3 Å². The van der Waals surface area contributed by atoms with Crippen molar-refractivity contribution in [2.24, 2.45) is 0 Å². The molecule has 0 bridgehead atoms. The predicted molar refractivity (Wildman–Crippen MR) is 74.6 cm³/mol. The maximum atomic E-state index is 12.2. The highest BCUT2D eigenvalue weighted by Crippen LogP contribution is 2.25. The number of rotatable bonds is 5. The lowest BCUT2D eigenvalue weighted by Gasteiger charge is -2.10. The normalized spacial score (nSPS) is 10.3. The molecule has 0 saturated heterocycles. The Labute approximate surface area is 122 Å². The summed E-state index contributed by atoms with van der Waals surface area (Å²) in [5, 5.41) is 3.82. The number of ether oxygens (including phenoxy) is 3. The minimum atomic E-state index is -0.495. The van der Waals surface area contributed by atoms with Gasteiger partial charge >= 0.3 is 5.97 Å². The van der Waals surface area contributed by atoms with E-state index in [-0.39, 0.29) is 6.61 Å². The Balaban J connectivity index is 2.16. The van der Waals surface area contributed by atoms with Crippen LogP contribution in [0.5, 0.6) is 11.5 Å². The third kappa shape index (κ3) is 3.16. The van der Waals surface area contributed by atoms with Crippen molar-refractivity contribution >= 4 is 5.97 Å². The summed E-state index contributed by atoms with van der Waals surface area (Å²) in [6, 6.07) is 4.95. The van der Waals surface area contributed by atoms with Crippen molar-refractivity contribution in [2.45, 2.75) is 20.5 Å². The van der Waals surface area contributed by atoms with E-state index in [0.29, 0.717) is 28.5 Å². The maximum absolute atomic E-state index is 12.2. The van der Waals surface area contributed by atoms with Gasteiger partial charge in [0.05, 0.1) is 25.5 Å². The van der Waals surface area contributed by atoms with Crippen molar-refractivity contribution in [3.05, 3.63) is 40.8 Å². The van der Waals surface area contributed by atoms with E-state index in [1.165, 1.54) is 14.2 Å². The molecule has 0 aliphatic rings. The van der Waals surface area contributed by atoms with Crippen molar-refractivity contribution < 1.29 is 23.5 Å². The second kappa shape index (κ2) is 6.30. The van der Waals surface area contributed by atoms with Gasteiger partial charge in [-0.25, -0.2) is 4.79 Å². The highest BCUT2D eigenvalue weighted by Gasteiger charge is 2.17. The molecule has 0 radical (unpaired) electrons. The zero-order chi connectivity index (χ0) is 15.4. The van der Waals surface area contributed by atoms with E-state index in [9.17, 15) is 4.79 Å². The van der Waals surface area contributed by atoms with Gasteiger partial charge in [0, 0.05) is 0 Å². The Bertz CT molecular complexity index is 628. The molecule has 0 N–H and O–H groups in total. The van der Waals surface area contributed by atoms with Crippen LogP contribution >= 0.6 is 0 Å². The molecule has 0 fully saturated rings. The van der Waals surface area contributed by atoms with Crippen LogP contribution in [0.1, 0.15) is 27.4 Å². The Morgan fingerprint density at radius 3 is 2.57 bits per heavy atom. The molecular formula is C15H17NO5. The largest absolute Gasteiger partial charge is 0.497 e. The van der Waals surface area contributed by atoms with Gasteiger partial charge in [-0.05, 0) is 32.0 Å². The molecule has 6 nitrogen and oxygen atoms in total. The highest BCUT2D eigenvalue weighted by molar-refractivity contribution is 5.93. The van der Waals surface area contributed by atoms with Gasteiger partial charge < -0.3 is 18.7 Å². The molecule has 2 rings (SSSR count). The Morgan fingerprint density at radius 2 is 2.00 bits per heavy atom. The number of hydrogen-bond acceptors (Lipinski definition) is 6. The molecule has 2 aromatic rings. The first-order chi connectivity index (χ1) is 10.1. The molecule has 0 saturated carbocycles. The standard InChI is InChI=1S/C15H17NO5/c1-9-13(10(2)21-16-9)8-20-15(17)12-7-11(18-3)5-6-14(12)19-4/h5-7H,8H2,1-4H3. The van der Waals surface area contributed by atoms with Crippen LogP contribution in [0, 0.1) is 13.8 Å². The molecule has 0 spiro atoms. The van der Waals surface area contributed by atoms with Crippen LogP contribution < -0.4 is 9.47 Å². The lowest BCUT2D eigenvalue weighted by atomic mass is 10.2. The van der Waals surface area contributed by atoms with Crippen molar-refractivity contribution in [3.8, 4) is 11.5 Å². The molecular weight excluding hydrogens is 274 g/mol. The van der Waals surface area contributed by atoms with Crippen LogP contribution in [0.25, 0.3) is 0 Å². The number of hydrogen-bond donors (Lipinski definition) is 0. The average molecular weight is 291 g/mol. The summed E-state index contributed by atoms with van der Waals surface area (Å²) < 4.78 is 20.6. The average Bonchev–Trinajstić information content (AvgIpc) is 2.82. The molecule has 1 aromatic carbocycles. The molecule has 0 unspecified atom stereocenters. The second-order valence-corrected chi connectivity index (χ2v) is 4.45. The van der Waals surface area contributed by atoms with Gasteiger partial charge in [0.1, 0.15) is 29.4 Å². The summed E-state index contributed by atoms with van der Waals surface area (Å²) in [5.74, 6) is 1.13. The zero-order valence-corrected chi connectivity index (χ0v) is 12.4. The van der Waals surface area contributed by atoms with Crippen LogP contribution in [0.3, 0.4) is 0 Å². The lowest BCUT2D eigenvalue weighted by molar-refractivity contribution is 0.0467. The topological polar surface area (TPSA) is 70.8 Å². The quantitative estimate of drug-likeness (QED) is 0.789. The van der Waals surface area contributed by atoms with Crippen LogP contribution in [0.2, 0.25) is 0 Å². The molecule has 0 amide bonds. The van der Waals surface area contributed by atoms with E-state index in [1.54, 1.807) is 32.0 Å². The van der Waals surface area contributed by atoms with E-state index >= 15 is 0 Å².